The number of halogens is 1. The van der Waals surface area contributed by atoms with E-state index in [2.05, 4.69) is 12.2 Å². The molecule has 1 heterocycles. The molecule has 128 valence electrons. The first-order chi connectivity index (χ1) is 11.2. The van der Waals surface area contributed by atoms with Gasteiger partial charge in [0.25, 0.3) is 0 Å². The summed E-state index contributed by atoms with van der Waals surface area (Å²) >= 11 is 0. The molecule has 0 saturated carbocycles. The SMILES string of the molecule is CC1CNCCC1(C(=O)OCc1ccccc1)c1ccccc1.Cl. The molecular weight excluding hydrogens is 322 g/mol. The number of esters is 1. The van der Waals surface area contributed by atoms with Crippen LogP contribution in [0.3, 0.4) is 0 Å². The van der Waals surface area contributed by atoms with Gasteiger partial charge in [-0.15, -0.1) is 12.4 Å². The van der Waals surface area contributed by atoms with Crippen molar-refractivity contribution in [3.63, 3.8) is 0 Å². The van der Waals surface area contributed by atoms with Crippen LogP contribution in [0.15, 0.2) is 60.7 Å². The van der Waals surface area contributed by atoms with E-state index >= 15 is 0 Å². The van der Waals surface area contributed by atoms with Gasteiger partial charge >= 0.3 is 5.97 Å². The van der Waals surface area contributed by atoms with Crippen LogP contribution in [-0.2, 0) is 21.6 Å². The molecule has 0 aliphatic carbocycles. The zero-order chi connectivity index (χ0) is 16.1. The van der Waals surface area contributed by atoms with Crippen molar-refractivity contribution >= 4 is 18.4 Å². The van der Waals surface area contributed by atoms with Gasteiger partial charge in [-0.3, -0.25) is 4.79 Å². The van der Waals surface area contributed by atoms with Gasteiger partial charge in [-0.1, -0.05) is 67.6 Å². The largest absolute Gasteiger partial charge is 0.460 e. The number of benzene rings is 2. The predicted octanol–water partition coefficient (Wildman–Crippen LogP) is 3.72. The van der Waals surface area contributed by atoms with Gasteiger partial charge in [-0.2, -0.15) is 0 Å². The number of nitrogens with one attached hydrogen (secondary N) is 1. The Morgan fingerprint density at radius 1 is 1.12 bits per heavy atom. The molecule has 0 radical (unpaired) electrons. The zero-order valence-corrected chi connectivity index (χ0v) is 14.7. The van der Waals surface area contributed by atoms with Crippen LogP contribution in [0.2, 0.25) is 0 Å². The van der Waals surface area contributed by atoms with Crippen molar-refractivity contribution in [3.05, 3.63) is 71.8 Å². The number of carbonyl (C=O) groups is 1. The molecule has 3 nitrogen and oxygen atoms in total. The highest BCUT2D eigenvalue weighted by atomic mass is 35.5. The first-order valence-corrected chi connectivity index (χ1v) is 8.21. The summed E-state index contributed by atoms with van der Waals surface area (Å²) in [6, 6.07) is 19.9. The van der Waals surface area contributed by atoms with Crippen LogP contribution in [-0.4, -0.2) is 19.1 Å². The molecule has 1 fully saturated rings. The van der Waals surface area contributed by atoms with Crippen molar-refractivity contribution in [2.45, 2.75) is 25.4 Å². The van der Waals surface area contributed by atoms with Crippen LogP contribution >= 0.6 is 12.4 Å². The molecule has 24 heavy (non-hydrogen) atoms. The van der Waals surface area contributed by atoms with Gasteiger partial charge in [-0.25, -0.2) is 0 Å². The van der Waals surface area contributed by atoms with Crippen LogP contribution in [0, 0.1) is 5.92 Å². The smallest absolute Gasteiger partial charge is 0.317 e. The molecule has 2 unspecified atom stereocenters. The van der Waals surface area contributed by atoms with E-state index in [0.29, 0.717) is 6.61 Å². The number of hydrogen-bond acceptors (Lipinski definition) is 3. The Morgan fingerprint density at radius 2 is 1.75 bits per heavy atom. The summed E-state index contributed by atoms with van der Waals surface area (Å²) in [4.78, 5) is 13.1. The average Bonchev–Trinajstić information content (AvgIpc) is 2.62. The van der Waals surface area contributed by atoms with Gasteiger partial charge in [0.2, 0.25) is 0 Å². The quantitative estimate of drug-likeness (QED) is 0.858. The lowest BCUT2D eigenvalue weighted by atomic mass is 9.67. The molecule has 1 N–H and O–H groups in total. The van der Waals surface area contributed by atoms with Crippen molar-refractivity contribution in [3.8, 4) is 0 Å². The van der Waals surface area contributed by atoms with Gasteiger partial charge in [0.05, 0.1) is 5.41 Å². The molecule has 0 aromatic heterocycles. The molecule has 1 aliphatic rings. The minimum Gasteiger partial charge on any atom is -0.460 e. The first kappa shape index (κ1) is 18.5. The summed E-state index contributed by atoms with van der Waals surface area (Å²) in [6.07, 6.45) is 0.770. The van der Waals surface area contributed by atoms with E-state index < -0.39 is 5.41 Å². The normalized spacial score (nSPS) is 23.1. The van der Waals surface area contributed by atoms with Gasteiger partial charge in [0, 0.05) is 0 Å². The fourth-order valence-corrected chi connectivity index (χ4v) is 3.46. The Labute approximate surface area is 149 Å². The van der Waals surface area contributed by atoms with Gasteiger partial charge < -0.3 is 10.1 Å². The second kappa shape index (κ2) is 8.32. The van der Waals surface area contributed by atoms with Gasteiger partial charge in [0.15, 0.2) is 0 Å². The monoisotopic (exact) mass is 345 g/mol. The minimum atomic E-state index is -0.554. The van der Waals surface area contributed by atoms with Crippen molar-refractivity contribution in [2.75, 3.05) is 13.1 Å². The summed E-state index contributed by atoms with van der Waals surface area (Å²) in [5.74, 6) is 0.0866. The fourth-order valence-electron chi connectivity index (χ4n) is 3.46. The van der Waals surface area contributed by atoms with Crippen molar-refractivity contribution in [2.24, 2.45) is 5.92 Å². The van der Waals surface area contributed by atoms with E-state index in [1.54, 1.807) is 0 Å². The summed E-state index contributed by atoms with van der Waals surface area (Å²) in [5, 5.41) is 3.38. The fraction of sp³-hybridized carbons (Fsp3) is 0.350. The number of hydrogen-bond donors (Lipinski definition) is 1. The lowest BCUT2D eigenvalue weighted by Crippen LogP contribution is -2.52. The lowest BCUT2D eigenvalue weighted by molar-refractivity contribution is -0.155. The molecule has 1 saturated heterocycles. The molecule has 0 bridgehead atoms. The van der Waals surface area contributed by atoms with E-state index in [-0.39, 0.29) is 24.3 Å². The Bertz CT molecular complexity index is 647. The summed E-state index contributed by atoms with van der Waals surface area (Å²) in [7, 11) is 0. The Balaban J connectivity index is 0.00000208. The maximum Gasteiger partial charge on any atom is 0.317 e. The van der Waals surface area contributed by atoms with Crippen molar-refractivity contribution in [1.29, 1.82) is 0 Å². The molecule has 0 spiro atoms. The summed E-state index contributed by atoms with van der Waals surface area (Å²) in [6.45, 7) is 4.12. The van der Waals surface area contributed by atoms with Crippen LogP contribution in [0.1, 0.15) is 24.5 Å². The molecule has 3 rings (SSSR count). The first-order valence-electron chi connectivity index (χ1n) is 8.21. The molecule has 0 amide bonds. The van der Waals surface area contributed by atoms with Crippen molar-refractivity contribution < 1.29 is 9.53 Å². The van der Waals surface area contributed by atoms with Crippen LogP contribution in [0.25, 0.3) is 0 Å². The second-order valence-electron chi connectivity index (χ2n) is 6.25. The standard InChI is InChI=1S/C20H23NO2.ClH/c1-16-14-21-13-12-20(16,18-10-6-3-7-11-18)19(22)23-15-17-8-4-2-5-9-17;/h2-11,16,21H,12-15H2,1H3;1H. The average molecular weight is 346 g/mol. The number of carbonyl (C=O) groups excluding carboxylic acids is 1. The van der Waals surface area contributed by atoms with E-state index in [4.69, 9.17) is 4.74 Å². The van der Waals surface area contributed by atoms with Crippen LogP contribution in [0.4, 0.5) is 0 Å². The third-order valence-electron chi connectivity index (χ3n) is 4.85. The van der Waals surface area contributed by atoms with Crippen molar-refractivity contribution in [1.82, 2.24) is 5.32 Å². The third kappa shape index (κ3) is 3.63. The molecule has 2 aromatic rings. The topological polar surface area (TPSA) is 38.3 Å². The maximum absolute atomic E-state index is 13.1. The number of piperidine rings is 1. The summed E-state index contributed by atoms with van der Waals surface area (Å²) < 4.78 is 5.73. The molecule has 1 aliphatic heterocycles. The van der Waals surface area contributed by atoms with Crippen LogP contribution < -0.4 is 5.32 Å². The highest BCUT2D eigenvalue weighted by Crippen LogP contribution is 2.39. The van der Waals surface area contributed by atoms with E-state index in [1.165, 1.54) is 0 Å². The Morgan fingerprint density at radius 3 is 2.38 bits per heavy atom. The zero-order valence-electron chi connectivity index (χ0n) is 13.9. The van der Waals surface area contributed by atoms with E-state index in [9.17, 15) is 4.79 Å². The van der Waals surface area contributed by atoms with E-state index in [1.807, 2.05) is 60.7 Å². The summed E-state index contributed by atoms with van der Waals surface area (Å²) in [5.41, 5.74) is 1.53. The van der Waals surface area contributed by atoms with E-state index in [0.717, 1.165) is 30.6 Å². The second-order valence-corrected chi connectivity index (χ2v) is 6.25. The predicted molar refractivity (Wildman–Crippen MR) is 98.3 cm³/mol. The molecule has 2 atom stereocenters. The lowest BCUT2D eigenvalue weighted by Gasteiger charge is -2.41. The molecule has 4 heteroatoms. The number of ether oxygens (including phenoxy) is 1. The molecular formula is C20H24ClNO2. The Hall–Kier alpha value is -1.84. The highest BCUT2D eigenvalue weighted by Gasteiger charge is 2.47. The minimum absolute atomic E-state index is 0. The third-order valence-corrected chi connectivity index (χ3v) is 4.85. The van der Waals surface area contributed by atoms with Crippen LogP contribution in [0.5, 0.6) is 0 Å². The van der Waals surface area contributed by atoms with Gasteiger partial charge in [0.1, 0.15) is 6.61 Å². The Kier molecular flexibility index (Phi) is 6.41. The highest BCUT2D eigenvalue weighted by molar-refractivity contribution is 5.85. The maximum atomic E-state index is 13.1. The molecule has 2 aromatic carbocycles. The number of rotatable bonds is 4. The van der Waals surface area contributed by atoms with Gasteiger partial charge in [-0.05, 0) is 36.6 Å².